The Morgan fingerprint density at radius 2 is 0.873 bits per heavy atom. The van der Waals surface area contributed by atoms with Crippen LogP contribution in [0.1, 0.15) is 23.6 Å². The van der Waals surface area contributed by atoms with Gasteiger partial charge in [0.05, 0.1) is 16.7 Å². The summed E-state index contributed by atoms with van der Waals surface area (Å²) in [6.45, 7) is 6.45. The van der Waals surface area contributed by atoms with E-state index in [1.165, 1.54) is 88.0 Å². The number of para-hydroxylation sites is 1. The molecule has 1 aromatic heterocycles. The summed E-state index contributed by atoms with van der Waals surface area (Å²) in [5.74, 6) is 0. The van der Waals surface area contributed by atoms with Gasteiger partial charge in [0.1, 0.15) is 0 Å². The Morgan fingerprint density at radius 3 is 1.58 bits per heavy atom. The lowest BCUT2D eigenvalue weighted by atomic mass is 10.0. The maximum absolute atomic E-state index is 2.41. The molecule has 0 aliphatic carbocycles. The lowest BCUT2D eigenvalue weighted by Crippen LogP contribution is -1.95. The number of rotatable bonds is 4. The van der Waals surface area contributed by atoms with E-state index in [2.05, 4.69) is 226 Å². The van der Waals surface area contributed by atoms with Gasteiger partial charge >= 0.3 is 0 Å². The van der Waals surface area contributed by atoms with Crippen molar-refractivity contribution in [1.82, 2.24) is 4.57 Å². The molecule has 0 amide bonds. The second-order valence-corrected chi connectivity index (χ2v) is 14.2. The predicted octanol–water partition coefficient (Wildman–Crippen LogP) is 15.0. The van der Waals surface area contributed by atoms with Gasteiger partial charge in [-0.05, 0) is 94.1 Å². The summed E-state index contributed by atoms with van der Waals surface area (Å²) in [5.41, 5.74) is 12.8. The van der Waals surface area contributed by atoms with E-state index >= 15 is 0 Å². The molecule has 9 aromatic carbocycles. The summed E-state index contributed by atoms with van der Waals surface area (Å²) in [4.78, 5) is 0. The van der Waals surface area contributed by atoms with E-state index < -0.39 is 0 Å². The van der Waals surface area contributed by atoms with Crippen molar-refractivity contribution in [2.75, 3.05) is 0 Å². The van der Waals surface area contributed by atoms with Gasteiger partial charge in [0.2, 0.25) is 0 Å². The summed E-state index contributed by atoms with van der Waals surface area (Å²) < 4.78 is 2.41. The van der Waals surface area contributed by atoms with Crippen molar-refractivity contribution in [1.29, 1.82) is 0 Å². The SMILES string of the molecule is CCc1ccc(-c2ccccc2)cc1.Cc1ccc(-c2ccc3c(c2)c2ccccc2n3-c2cccc3ccccc23)cc1.Cc1cccc2ccccc12. The minimum absolute atomic E-state index is 1.11. The average molecular weight is 708 g/mol. The standard InChI is InChI=1S/C29H21N.C14H14.C11H10/c1-20-13-15-21(16-14-20)23-17-18-29-26(19-23)25-10-4-5-11-28(25)30(29)27-12-6-8-22-7-2-3-9-24(22)27;1-2-12-8-10-14(11-9-12)13-6-4-3-5-7-13;1-9-5-4-7-10-6-2-3-8-11(9)10/h2-19H,1H3;3-11H,2H2,1H3;2-8H,1H3. The monoisotopic (exact) mass is 707 g/mol. The number of nitrogens with zero attached hydrogens (tertiary/aromatic N) is 1. The number of aryl methyl sites for hydroxylation is 3. The van der Waals surface area contributed by atoms with Crippen LogP contribution in [0, 0.1) is 13.8 Å². The number of fused-ring (bicyclic) bond motifs is 5. The molecule has 266 valence electrons. The van der Waals surface area contributed by atoms with Gasteiger partial charge in [-0.3, -0.25) is 0 Å². The van der Waals surface area contributed by atoms with Crippen molar-refractivity contribution in [3.63, 3.8) is 0 Å². The summed E-state index contributed by atoms with van der Waals surface area (Å²) in [6.07, 6.45) is 1.11. The normalized spacial score (nSPS) is 10.9. The molecule has 0 saturated carbocycles. The highest BCUT2D eigenvalue weighted by Gasteiger charge is 2.14. The first-order chi connectivity index (χ1) is 27.1. The molecule has 10 rings (SSSR count). The molecule has 0 unspecified atom stereocenters. The van der Waals surface area contributed by atoms with Crippen molar-refractivity contribution in [3.05, 3.63) is 223 Å². The van der Waals surface area contributed by atoms with Gasteiger partial charge in [-0.2, -0.15) is 0 Å². The zero-order valence-electron chi connectivity index (χ0n) is 31.8. The second kappa shape index (κ2) is 16.1. The van der Waals surface area contributed by atoms with Crippen LogP contribution < -0.4 is 0 Å². The molecule has 0 bridgehead atoms. The molecule has 1 nitrogen and oxygen atoms in total. The lowest BCUT2D eigenvalue weighted by Gasteiger charge is -2.11. The first-order valence-corrected chi connectivity index (χ1v) is 19.2. The van der Waals surface area contributed by atoms with E-state index in [4.69, 9.17) is 0 Å². The van der Waals surface area contributed by atoms with Crippen LogP contribution in [-0.4, -0.2) is 4.57 Å². The highest BCUT2D eigenvalue weighted by Crippen LogP contribution is 2.36. The Bertz CT molecular complexity index is 2830. The fourth-order valence-corrected chi connectivity index (χ4v) is 7.51. The van der Waals surface area contributed by atoms with Crippen molar-refractivity contribution in [2.24, 2.45) is 0 Å². The summed E-state index contributed by atoms with van der Waals surface area (Å²) >= 11 is 0. The lowest BCUT2D eigenvalue weighted by molar-refractivity contribution is 1.14. The van der Waals surface area contributed by atoms with Gasteiger partial charge < -0.3 is 4.57 Å². The fraction of sp³-hybridized carbons (Fsp3) is 0.0741. The van der Waals surface area contributed by atoms with E-state index in [-0.39, 0.29) is 0 Å². The third-order valence-electron chi connectivity index (χ3n) is 10.5. The van der Waals surface area contributed by atoms with E-state index in [0.717, 1.165) is 6.42 Å². The van der Waals surface area contributed by atoms with Crippen LogP contribution >= 0.6 is 0 Å². The number of benzene rings is 9. The molecule has 0 atom stereocenters. The molecule has 1 heterocycles. The summed E-state index contributed by atoms with van der Waals surface area (Å²) in [5, 5.41) is 7.79. The van der Waals surface area contributed by atoms with Crippen LogP contribution in [0.5, 0.6) is 0 Å². The molecule has 0 N–H and O–H groups in total. The van der Waals surface area contributed by atoms with Crippen molar-refractivity contribution < 1.29 is 0 Å². The Morgan fingerprint density at radius 1 is 0.364 bits per heavy atom. The highest BCUT2D eigenvalue weighted by atomic mass is 15.0. The van der Waals surface area contributed by atoms with Gasteiger partial charge in [0.15, 0.2) is 0 Å². The number of aromatic nitrogens is 1. The van der Waals surface area contributed by atoms with Crippen LogP contribution in [0.15, 0.2) is 206 Å². The third-order valence-corrected chi connectivity index (χ3v) is 10.5. The number of hydrogen-bond acceptors (Lipinski definition) is 0. The van der Waals surface area contributed by atoms with Gasteiger partial charge in [0, 0.05) is 16.2 Å². The summed E-state index contributed by atoms with van der Waals surface area (Å²) in [6, 6.07) is 73.6. The molecule has 0 radical (unpaired) electrons. The minimum Gasteiger partial charge on any atom is -0.309 e. The van der Waals surface area contributed by atoms with E-state index in [9.17, 15) is 0 Å². The Hall–Kier alpha value is -6.70. The molecule has 55 heavy (non-hydrogen) atoms. The van der Waals surface area contributed by atoms with Crippen LogP contribution in [0.2, 0.25) is 0 Å². The first kappa shape index (κ1) is 35.3. The summed E-state index contributed by atoms with van der Waals surface area (Å²) in [7, 11) is 0. The topological polar surface area (TPSA) is 4.93 Å². The third kappa shape index (κ3) is 7.56. The Balaban J connectivity index is 0.000000140. The maximum atomic E-state index is 2.41. The molecular weight excluding hydrogens is 663 g/mol. The van der Waals surface area contributed by atoms with E-state index in [1.54, 1.807) is 0 Å². The van der Waals surface area contributed by atoms with Gasteiger partial charge in [-0.1, -0.05) is 194 Å². The van der Waals surface area contributed by atoms with Crippen LogP contribution in [0.3, 0.4) is 0 Å². The molecular formula is C54H45N. The van der Waals surface area contributed by atoms with E-state index in [1.807, 2.05) is 6.07 Å². The highest BCUT2D eigenvalue weighted by molar-refractivity contribution is 6.11. The van der Waals surface area contributed by atoms with Crippen LogP contribution in [0.4, 0.5) is 0 Å². The average Bonchev–Trinajstić information content (AvgIpc) is 3.58. The van der Waals surface area contributed by atoms with Crippen LogP contribution in [-0.2, 0) is 6.42 Å². The first-order valence-electron chi connectivity index (χ1n) is 19.2. The molecule has 0 fully saturated rings. The van der Waals surface area contributed by atoms with Crippen LogP contribution in [0.25, 0.3) is 71.3 Å². The fourth-order valence-electron chi connectivity index (χ4n) is 7.51. The Kier molecular flexibility index (Phi) is 10.4. The van der Waals surface area contributed by atoms with E-state index in [0.29, 0.717) is 0 Å². The quantitative estimate of drug-likeness (QED) is 0.172. The van der Waals surface area contributed by atoms with Crippen molar-refractivity contribution >= 4 is 43.4 Å². The molecule has 0 aliphatic heterocycles. The zero-order valence-corrected chi connectivity index (χ0v) is 31.8. The molecule has 1 heteroatoms. The minimum atomic E-state index is 1.11. The Labute approximate surface area is 324 Å². The molecule has 10 aromatic rings. The molecule has 0 aliphatic rings. The predicted molar refractivity (Wildman–Crippen MR) is 238 cm³/mol. The van der Waals surface area contributed by atoms with Crippen molar-refractivity contribution in [3.8, 4) is 27.9 Å². The van der Waals surface area contributed by atoms with Gasteiger partial charge in [0.25, 0.3) is 0 Å². The largest absolute Gasteiger partial charge is 0.309 e. The second-order valence-electron chi connectivity index (χ2n) is 14.2. The van der Waals surface area contributed by atoms with Crippen molar-refractivity contribution in [2.45, 2.75) is 27.2 Å². The van der Waals surface area contributed by atoms with Gasteiger partial charge in [-0.15, -0.1) is 0 Å². The maximum Gasteiger partial charge on any atom is 0.0541 e. The van der Waals surface area contributed by atoms with Gasteiger partial charge in [-0.25, -0.2) is 0 Å². The zero-order chi connectivity index (χ0) is 37.6. The smallest absolute Gasteiger partial charge is 0.0541 e. The molecule has 0 saturated heterocycles. The number of hydrogen-bond donors (Lipinski definition) is 0. The molecule has 0 spiro atoms.